The van der Waals surface area contributed by atoms with Crippen molar-refractivity contribution in [2.75, 3.05) is 0 Å². The van der Waals surface area contributed by atoms with Gasteiger partial charge in [-0.1, -0.05) is 23.7 Å². The fourth-order valence-corrected chi connectivity index (χ4v) is 1.40. The summed E-state index contributed by atoms with van der Waals surface area (Å²) in [6, 6.07) is 7.19. The van der Waals surface area contributed by atoms with Crippen LogP contribution in [0.15, 0.2) is 33.6 Å². The van der Waals surface area contributed by atoms with Crippen LogP contribution in [0.4, 0.5) is 0 Å². The summed E-state index contributed by atoms with van der Waals surface area (Å²) < 4.78 is 6.13. The summed E-state index contributed by atoms with van der Waals surface area (Å²) in [7, 11) is 0. The lowest BCUT2D eigenvalue weighted by molar-refractivity contribution is -0.675. The zero-order valence-electron chi connectivity index (χ0n) is 7.45. The van der Waals surface area contributed by atoms with Gasteiger partial charge in [0.05, 0.1) is 0 Å². The van der Waals surface area contributed by atoms with Crippen molar-refractivity contribution >= 4 is 11.6 Å². The number of H-pyrrole nitrogens is 1. The molecule has 0 saturated carbocycles. The van der Waals surface area contributed by atoms with E-state index >= 15 is 0 Å². The second kappa shape index (κ2) is 3.31. The first kappa shape index (κ1) is 9.02. The minimum absolute atomic E-state index is 0.398. The number of para-hydroxylation sites is 1. The lowest BCUT2D eigenvalue weighted by Crippen LogP contribution is -2.37. The molecule has 1 aromatic carbocycles. The van der Waals surface area contributed by atoms with Crippen LogP contribution in [-0.2, 0) is 0 Å². The van der Waals surface area contributed by atoms with E-state index in [2.05, 4.69) is 9.79 Å². The SMILES string of the molecule is Cc1c(=O)o[nH][n+]1-c1ccccc1Cl. The number of nitrogens with zero attached hydrogens (tertiary/aromatic N) is 1. The normalized spacial score (nSPS) is 10.4. The van der Waals surface area contributed by atoms with E-state index in [9.17, 15) is 4.79 Å². The first-order valence-corrected chi connectivity index (χ1v) is 4.43. The number of hydrogen-bond donors (Lipinski definition) is 1. The molecule has 4 nitrogen and oxygen atoms in total. The molecule has 0 aliphatic rings. The van der Waals surface area contributed by atoms with Crippen molar-refractivity contribution in [2.45, 2.75) is 6.92 Å². The number of rotatable bonds is 1. The number of aromatic nitrogens is 2. The Balaban J connectivity index is 2.66. The van der Waals surface area contributed by atoms with Crippen molar-refractivity contribution in [2.24, 2.45) is 0 Å². The Morgan fingerprint density at radius 1 is 1.43 bits per heavy atom. The summed E-state index contributed by atoms with van der Waals surface area (Å²) in [5.41, 5.74) is 0.750. The number of halogens is 1. The van der Waals surface area contributed by atoms with E-state index in [0.29, 0.717) is 16.4 Å². The first-order chi connectivity index (χ1) is 6.70. The van der Waals surface area contributed by atoms with Gasteiger partial charge in [0, 0.05) is 13.0 Å². The van der Waals surface area contributed by atoms with Crippen LogP contribution in [-0.4, -0.2) is 5.27 Å². The Kier molecular flexibility index (Phi) is 2.13. The van der Waals surface area contributed by atoms with Gasteiger partial charge in [-0.25, -0.2) is 4.79 Å². The summed E-state index contributed by atoms with van der Waals surface area (Å²) in [5, 5.41) is 3.03. The topological polar surface area (TPSA) is 49.9 Å². The summed E-state index contributed by atoms with van der Waals surface area (Å²) in [6.07, 6.45) is 0. The predicted octanol–water partition coefficient (Wildman–Crippen LogP) is 1.21. The van der Waals surface area contributed by atoms with Crippen LogP contribution in [0.25, 0.3) is 5.69 Å². The van der Waals surface area contributed by atoms with E-state index in [1.54, 1.807) is 19.1 Å². The molecule has 0 amide bonds. The molecule has 1 heterocycles. The fraction of sp³-hybridized carbons (Fsp3) is 0.111. The molecule has 0 bridgehead atoms. The van der Waals surface area contributed by atoms with Gasteiger partial charge >= 0.3 is 5.63 Å². The summed E-state index contributed by atoms with van der Waals surface area (Å²) in [6.45, 7) is 1.66. The molecule has 72 valence electrons. The molecule has 0 aliphatic carbocycles. The van der Waals surface area contributed by atoms with E-state index in [-0.39, 0.29) is 0 Å². The maximum absolute atomic E-state index is 11.1. The van der Waals surface area contributed by atoms with Crippen LogP contribution >= 0.6 is 11.6 Å². The van der Waals surface area contributed by atoms with Gasteiger partial charge in [0.15, 0.2) is 0 Å². The van der Waals surface area contributed by atoms with Crippen LogP contribution in [0.5, 0.6) is 0 Å². The van der Waals surface area contributed by atoms with Gasteiger partial charge < -0.3 is 0 Å². The molecule has 2 rings (SSSR count). The number of nitrogens with one attached hydrogen (secondary N) is 1. The van der Waals surface area contributed by atoms with Gasteiger partial charge in [-0.2, -0.15) is 0 Å². The summed E-state index contributed by atoms with van der Waals surface area (Å²) in [5.74, 6) is 0. The average Bonchev–Trinajstić information content (AvgIpc) is 2.49. The van der Waals surface area contributed by atoms with Crippen LogP contribution < -0.4 is 10.3 Å². The second-order valence-corrected chi connectivity index (χ2v) is 3.26. The van der Waals surface area contributed by atoms with E-state index in [4.69, 9.17) is 11.6 Å². The van der Waals surface area contributed by atoms with E-state index in [1.165, 1.54) is 4.68 Å². The monoisotopic (exact) mass is 211 g/mol. The highest BCUT2D eigenvalue weighted by molar-refractivity contribution is 6.32. The third-order valence-electron chi connectivity index (χ3n) is 1.95. The van der Waals surface area contributed by atoms with Crippen molar-refractivity contribution in [1.29, 1.82) is 0 Å². The molecule has 1 aromatic heterocycles. The Bertz CT molecular complexity index is 516. The molecule has 14 heavy (non-hydrogen) atoms. The Hall–Kier alpha value is -1.55. The standard InChI is InChI=1S/C9H7ClN2O2/c1-6-9(13)14-11-12(6)8-5-3-2-4-7(8)10/h2-5H,1H3/p+1. The number of hydrogen-bond acceptors (Lipinski definition) is 2. The fourth-order valence-electron chi connectivity index (χ4n) is 1.18. The summed E-state index contributed by atoms with van der Waals surface area (Å²) >= 11 is 5.96. The molecule has 0 aliphatic heterocycles. The Labute approximate surface area is 84.7 Å². The van der Waals surface area contributed by atoms with E-state index in [1.807, 2.05) is 12.1 Å². The Morgan fingerprint density at radius 3 is 2.71 bits per heavy atom. The highest BCUT2D eigenvalue weighted by atomic mass is 35.5. The van der Waals surface area contributed by atoms with Crippen molar-refractivity contribution in [1.82, 2.24) is 5.27 Å². The molecule has 0 saturated heterocycles. The van der Waals surface area contributed by atoms with Gasteiger partial charge in [-0.3, -0.25) is 4.52 Å². The van der Waals surface area contributed by atoms with Gasteiger partial charge in [0.25, 0.3) is 11.4 Å². The molecule has 5 heteroatoms. The first-order valence-electron chi connectivity index (χ1n) is 4.05. The van der Waals surface area contributed by atoms with Crippen molar-refractivity contribution < 1.29 is 9.20 Å². The van der Waals surface area contributed by atoms with Crippen molar-refractivity contribution in [3.8, 4) is 5.69 Å². The molecular formula is C9H8ClN2O2+. The van der Waals surface area contributed by atoms with Gasteiger partial charge in [0.2, 0.25) is 0 Å². The van der Waals surface area contributed by atoms with Crippen molar-refractivity contribution in [3.63, 3.8) is 0 Å². The predicted molar refractivity (Wildman–Crippen MR) is 50.6 cm³/mol. The maximum Gasteiger partial charge on any atom is 0.430 e. The smallest absolute Gasteiger partial charge is 0.283 e. The average molecular weight is 212 g/mol. The van der Waals surface area contributed by atoms with Crippen LogP contribution in [0.2, 0.25) is 5.02 Å². The molecular weight excluding hydrogens is 204 g/mol. The van der Waals surface area contributed by atoms with Gasteiger partial charge in [0.1, 0.15) is 5.02 Å². The zero-order chi connectivity index (χ0) is 10.1. The molecule has 0 spiro atoms. The lowest BCUT2D eigenvalue weighted by Gasteiger charge is -1.92. The number of benzene rings is 1. The minimum atomic E-state index is -0.398. The third-order valence-corrected chi connectivity index (χ3v) is 2.27. The van der Waals surface area contributed by atoms with Gasteiger partial charge in [-0.05, 0) is 16.0 Å². The van der Waals surface area contributed by atoms with Crippen LogP contribution in [0.3, 0.4) is 0 Å². The van der Waals surface area contributed by atoms with Gasteiger partial charge in [-0.15, -0.1) is 0 Å². The summed E-state index contributed by atoms with van der Waals surface area (Å²) in [4.78, 5) is 11.1. The molecule has 1 N–H and O–H groups in total. The third kappa shape index (κ3) is 1.33. The largest absolute Gasteiger partial charge is 0.430 e. The maximum atomic E-state index is 11.1. The molecule has 0 fully saturated rings. The highest BCUT2D eigenvalue weighted by Crippen LogP contribution is 2.13. The van der Waals surface area contributed by atoms with E-state index < -0.39 is 5.63 Å². The molecule has 0 radical (unpaired) electrons. The highest BCUT2D eigenvalue weighted by Gasteiger charge is 2.20. The van der Waals surface area contributed by atoms with Crippen molar-refractivity contribution in [3.05, 3.63) is 45.4 Å². The number of aromatic amines is 1. The molecule has 2 aromatic rings. The van der Waals surface area contributed by atoms with Crippen LogP contribution in [0, 0.1) is 6.92 Å². The minimum Gasteiger partial charge on any atom is -0.283 e. The molecule has 0 unspecified atom stereocenters. The molecule has 0 atom stereocenters. The zero-order valence-corrected chi connectivity index (χ0v) is 8.21. The lowest BCUT2D eigenvalue weighted by atomic mass is 10.3. The quantitative estimate of drug-likeness (QED) is 0.721. The second-order valence-electron chi connectivity index (χ2n) is 2.85. The van der Waals surface area contributed by atoms with Crippen LogP contribution in [0.1, 0.15) is 5.69 Å². The van der Waals surface area contributed by atoms with E-state index in [0.717, 1.165) is 0 Å². The Morgan fingerprint density at radius 2 is 2.14 bits per heavy atom.